The molecule has 1 aromatic rings. The van der Waals surface area contributed by atoms with Crippen LogP contribution in [0.1, 0.15) is 31.4 Å². The van der Waals surface area contributed by atoms with Crippen LogP contribution in [0.4, 0.5) is 4.39 Å². The van der Waals surface area contributed by atoms with Crippen LogP contribution in [0.2, 0.25) is 0 Å². The zero-order valence-electron chi connectivity index (χ0n) is 14.7. The van der Waals surface area contributed by atoms with Crippen molar-refractivity contribution in [3.8, 4) is 0 Å². The van der Waals surface area contributed by atoms with Gasteiger partial charge in [0.15, 0.2) is 5.96 Å². The van der Waals surface area contributed by atoms with E-state index in [2.05, 4.69) is 15.6 Å². The smallest absolute Gasteiger partial charge is 0.307 e. The molecule has 0 saturated carbocycles. The summed E-state index contributed by atoms with van der Waals surface area (Å²) >= 11 is 1.65. The molecule has 0 radical (unpaired) electrons. The molecule has 0 unspecified atom stereocenters. The maximum Gasteiger partial charge on any atom is 0.307 e. The van der Waals surface area contributed by atoms with E-state index in [0.29, 0.717) is 19.0 Å². The fourth-order valence-corrected chi connectivity index (χ4v) is 2.64. The Bertz CT molecular complexity index is 565. The number of hydrogen-bond donors (Lipinski definition) is 2. The molecule has 24 heavy (non-hydrogen) atoms. The van der Waals surface area contributed by atoms with Crippen LogP contribution < -0.4 is 10.6 Å². The Kier molecular flexibility index (Phi) is 9.22. The summed E-state index contributed by atoms with van der Waals surface area (Å²) < 4.78 is 18.4. The molecule has 1 aromatic carbocycles. The number of guanidine groups is 1. The molecule has 134 valence electrons. The van der Waals surface area contributed by atoms with Gasteiger partial charge in [-0.25, -0.2) is 4.39 Å². The van der Waals surface area contributed by atoms with Crippen LogP contribution in [0.5, 0.6) is 0 Å². The first-order valence-electron chi connectivity index (χ1n) is 7.86. The zero-order chi connectivity index (χ0) is 17.9. The Morgan fingerprint density at radius 1 is 1.33 bits per heavy atom. The van der Waals surface area contributed by atoms with Crippen LogP contribution in [0, 0.1) is 5.82 Å². The van der Waals surface area contributed by atoms with Crippen molar-refractivity contribution in [3.05, 3.63) is 35.1 Å². The van der Waals surface area contributed by atoms with E-state index in [9.17, 15) is 9.18 Å². The molecule has 0 fully saturated rings. The lowest BCUT2D eigenvalue weighted by atomic mass is 10.1. The predicted octanol–water partition coefficient (Wildman–Crippen LogP) is 2.70. The van der Waals surface area contributed by atoms with Crippen molar-refractivity contribution in [1.82, 2.24) is 10.6 Å². The maximum atomic E-state index is 13.4. The summed E-state index contributed by atoms with van der Waals surface area (Å²) in [5.74, 6) is 0.872. The highest BCUT2D eigenvalue weighted by atomic mass is 32.2. The number of nitrogens with one attached hydrogen (secondary N) is 2. The van der Waals surface area contributed by atoms with Gasteiger partial charge in [0.1, 0.15) is 5.82 Å². The van der Waals surface area contributed by atoms with E-state index in [1.807, 2.05) is 20.1 Å². The van der Waals surface area contributed by atoms with Crippen molar-refractivity contribution in [2.24, 2.45) is 4.99 Å². The molecule has 1 rings (SSSR count). The van der Waals surface area contributed by atoms with Crippen molar-refractivity contribution >= 4 is 23.7 Å². The second kappa shape index (κ2) is 10.9. The monoisotopic (exact) mass is 355 g/mol. The van der Waals surface area contributed by atoms with E-state index in [1.54, 1.807) is 30.9 Å². The summed E-state index contributed by atoms with van der Waals surface area (Å²) in [5.41, 5.74) is 1.99. The third-order valence-electron chi connectivity index (χ3n) is 3.13. The van der Waals surface area contributed by atoms with Crippen LogP contribution in [-0.2, 0) is 21.8 Å². The number of hydrogen-bond acceptors (Lipinski definition) is 4. The molecule has 0 bridgehead atoms. The number of benzene rings is 1. The fourth-order valence-electron chi connectivity index (χ4n) is 2.06. The highest BCUT2D eigenvalue weighted by molar-refractivity contribution is 7.97. The third-order valence-corrected chi connectivity index (χ3v) is 3.73. The summed E-state index contributed by atoms with van der Waals surface area (Å²) in [4.78, 5) is 15.6. The van der Waals surface area contributed by atoms with E-state index in [4.69, 9.17) is 4.74 Å². The van der Waals surface area contributed by atoms with Gasteiger partial charge in [0.05, 0.1) is 12.5 Å². The van der Waals surface area contributed by atoms with E-state index in [0.717, 1.165) is 16.9 Å². The molecule has 0 atom stereocenters. The molecule has 0 aliphatic carbocycles. The highest BCUT2D eigenvalue weighted by Crippen LogP contribution is 2.16. The lowest BCUT2D eigenvalue weighted by Gasteiger charge is -2.14. The topological polar surface area (TPSA) is 62.7 Å². The number of rotatable bonds is 8. The van der Waals surface area contributed by atoms with Crippen molar-refractivity contribution in [2.75, 3.05) is 19.8 Å². The van der Waals surface area contributed by atoms with Crippen LogP contribution >= 0.6 is 11.8 Å². The molecule has 5 nitrogen and oxygen atoms in total. The molecule has 0 spiro atoms. The van der Waals surface area contributed by atoms with Gasteiger partial charge in [0.25, 0.3) is 0 Å². The Morgan fingerprint density at radius 3 is 2.71 bits per heavy atom. The first-order chi connectivity index (χ1) is 11.5. The van der Waals surface area contributed by atoms with Crippen molar-refractivity contribution in [2.45, 2.75) is 38.7 Å². The van der Waals surface area contributed by atoms with E-state index in [-0.39, 0.29) is 24.3 Å². The molecule has 0 aliphatic heterocycles. The molecule has 0 amide bonds. The number of esters is 1. The number of thioether (sulfide) groups is 1. The average Bonchev–Trinajstić information content (AvgIpc) is 2.51. The Balaban J connectivity index is 2.48. The van der Waals surface area contributed by atoms with Gasteiger partial charge in [-0.15, -0.1) is 0 Å². The molecule has 0 aromatic heterocycles. The van der Waals surface area contributed by atoms with Gasteiger partial charge in [-0.05, 0) is 43.4 Å². The first-order valence-corrected chi connectivity index (χ1v) is 9.26. The number of carbonyl (C=O) groups excluding carboxylic acids is 1. The highest BCUT2D eigenvalue weighted by Gasteiger charge is 2.07. The summed E-state index contributed by atoms with van der Waals surface area (Å²) in [6, 6.07) is 4.80. The molecule has 0 saturated heterocycles. The Hall–Kier alpha value is -1.76. The molecule has 2 N–H and O–H groups in total. The lowest BCUT2D eigenvalue weighted by Crippen LogP contribution is -2.38. The fraction of sp³-hybridized carbons (Fsp3) is 0.529. The minimum atomic E-state index is -0.242. The van der Waals surface area contributed by atoms with Gasteiger partial charge < -0.3 is 15.4 Å². The van der Waals surface area contributed by atoms with Gasteiger partial charge in [-0.3, -0.25) is 9.79 Å². The summed E-state index contributed by atoms with van der Waals surface area (Å²) in [6.45, 7) is 4.61. The Morgan fingerprint density at radius 2 is 2.08 bits per heavy atom. The number of carbonyl (C=O) groups is 1. The second-order valence-electron chi connectivity index (χ2n) is 5.49. The number of halogens is 1. The number of nitrogens with zero attached hydrogens (tertiary/aromatic N) is 1. The van der Waals surface area contributed by atoms with Crippen LogP contribution in [-0.4, -0.2) is 37.9 Å². The molecule has 7 heteroatoms. The van der Waals surface area contributed by atoms with Gasteiger partial charge in [0, 0.05) is 25.9 Å². The predicted molar refractivity (Wildman–Crippen MR) is 97.7 cm³/mol. The van der Waals surface area contributed by atoms with Crippen LogP contribution in [0.3, 0.4) is 0 Å². The number of ether oxygens (including phenoxy) is 1. The molecule has 0 aliphatic rings. The average molecular weight is 355 g/mol. The lowest BCUT2D eigenvalue weighted by molar-refractivity contribution is -0.147. The normalized spacial score (nSPS) is 11.5. The molecule has 0 heterocycles. The van der Waals surface area contributed by atoms with Gasteiger partial charge in [0.2, 0.25) is 0 Å². The minimum Gasteiger partial charge on any atom is -0.463 e. The largest absolute Gasteiger partial charge is 0.463 e. The van der Waals surface area contributed by atoms with Gasteiger partial charge >= 0.3 is 5.97 Å². The van der Waals surface area contributed by atoms with Crippen LogP contribution in [0.25, 0.3) is 0 Å². The van der Waals surface area contributed by atoms with Gasteiger partial charge in [-0.1, -0.05) is 6.07 Å². The van der Waals surface area contributed by atoms with Crippen LogP contribution in [0.15, 0.2) is 23.2 Å². The summed E-state index contributed by atoms with van der Waals surface area (Å²) in [6.07, 6.45) is 2.15. The van der Waals surface area contributed by atoms with E-state index < -0.39 is 0 Å². The number of aliphatic imine (C=N–C) groups is 1. The Labute approximate surface area is 147 Å². The summed E-state index contributed by atoms with van der Waals surface area (Å²) in [7, 11) is 1.66. The van der Waals surface area contributed by atoms with Crippen molar-refractivity contribution < 1.29 is 13.9 Å². The minimum absolute atomic E-state index is 0.108. The molecular weight excluding hydrogens is 329 g/mol. The quantitative estimate of drug-likeness (QED) is 0.426. The second-order valence-corrected chi connectivity index (χ2v) is 6.35. The third kappa shape index (κ3) is 7.68. The SMILES string of the molecule is CN=C(NCCC(=O)OC(C)C)NCc1ccc(F)cc1CSC. The first kappa shape index (κ1) is 20.3. The van der Waals surface area contributed by atoms with E-state index in [1.165, 1.54) is 6.07 Å². The van der Waals surface area contributed by atoms with Crippen molar-refractivity contribution in [3.63, 3.8) is 0 Å². The summed E-state index contributed by atoms with van der Waals surface area (Å²) in [5, 5.41) is 6.24. The zero-order valence-corrected chi connectivity index (χ0v) is 15.5. The van der Waals surface area contributed by atoms with Crippen molar-refractivity contribution in [1.29, 1.82) is 0 Å². The maximum absolute atomic E-state index is 13.4. The standard InChI is InChI=1S/C17H26FN3O2S/c1-12(2)23-16(22)7-8-20-17(19-3)21-10-13-5-6-15(18)9-14(13)11-24-4/h5-6,9,12H,7-8,10-11H2,1-4H3,(H2,19,20,21). The van der Waals surface area contributed by atoms with E-state index >= 15 is 0 Å². The van der Waals surface area contributed by atoms with Gasteiger partial charge in [-0.2, -0.15) is 11.8 Å². The molecular formula is C17H26FN3O2S.